The summed E-state index contributed by atoms with van der Waals surface area (Å²) in [4.78, 5) is 34.6. The van der Waals surface area contributed by atoms with Crippen LogP contribution in [0.1, 0.15) is 176 Å². The standard InChI is InChI=1S/C16H28O3.C10H16O3.C9H16O3.6CH4/c1-4-12-11-13(14(5-2)18-12)15(17)19-16(6-3)9-7-8-10-16;1-3-7-6-5-12-10(11)9(6)8(4-2)13-7;1-3-6-5-7(9(10)11)8(4-2)12-6;;;;;;/h12-14H,4-11H2,1-3H3;6-9H,3-5H2,1-2H3;6-8H,3-5H2,1-2H3,(H,10,11);6*1H4. The van der Waals surface area contributed by atoms with E-state index < -0.39 is 5.97 Å². The van der Waals surface area contributed by atoms with Crippen LogP contribution < -0.4 is 0 Å². The van der Waals surface area contributed by atoms with Crippen LogP contribution in [-0.4, -0.2) is 71.8 Å². The summed E-state index contributed by atoms with van der Waals surface area (Å²) in [6.07, 6.45) is 13.2. The lowest BCUT2D eigenvalue weighted by atomic mass is 9.88. The maximum absolute atomic E-state index is 12.5. The second-order valence-electron chi connectivity index (χ2n) is 13.3. The molecule has 0 radical (unpaired) electrons. The first kappa shape index (κ1) is 55.1. The van der Waals surface area contributed by atoms with Gasteiger partial charge in [0.1, 0.15) is 5.60 Å². The number of esters is 2. The molecule has 0 spiro atoms. The van der Waals surface area contributed by atoms with Gasteiger partial charge in [-0.25, -0.2) is 0 Å². The van der Waals surface area contributed by atoms with Crippen LogP contribution in [0.2, 0.25) is 0 Å². The van der Waals surface area contributed by atoms with Gasteiger partial charge < -0.3 is 28.8 Å². The molecule has 5 fully saturated rings. The lowest BCUT2D eigenvalue weighted by Gasteiger charge is -2.30. The van der Waals surface area contributed by atoms with E-state index in [0.717, 1.165) is 64.2 Å². The van der Waals surface area contributed by atoms with Gasteiger partial charge in [-0.15, -0.1) is 0 Å². The Labute approximate surface area is 309 Å². The van der Waals surface area contributed by atoms with Gasteiger partial charge in [-0.05, 0) is 83.5 Å². The fourth-order valence-corrected chi connectivity index (χ4v) is 7.77. The van der Waals surface area contributed by atoms with Crippen molar-refractivity contribution in [1.29, 1.82) is 0 Å². The van der Waals surface area contributed by atoms with Gasteiger partial charge in [0, 0.05) is 5.92 Å². The number of cyclic esters (lactones) is 1. The molecule has 10 unspecified atom stereocenters. The van der Waals surface area contributed by atoms with Gasteiger partial charge in [-0.1, -0.05) is 93.0 Å². The minimum Gasteiger partial charge on any atom is -0.481 e. The molecule has 4 aliphatic heterocycles. The molecule has 9 nitrogen and oxygen atoms in total. The van der Waals surface area contributed by atoms with Gasteiger partial charge >= 0.3 is 17.9 Å². The van der Waals surface area contributed by atoms with Crippen molar-refractivity contribution in [2.45, 2.75) is 219 Å². The molecule has 4 saturated heterocycles. The molecule has 4 heterocycles. The summed E-state index contributed by atoms with van der Waals surface area (Å²) in [7, 11) is 0. The Morgan fingerprint density at radius 1 is 0.680 bits per heavy atom. The summed E-state index contributed by atoms with van der Waals surface area (Å²) < 4.78 is 28.3. The molecule has 1 N–H and O–H groups in total. The van der Waals surface area contributed by atoms with E-state index in [-0.39, 0.29) is 116 Å². The zero-order valence-corrected chi connectivity index (χ0v) is 28.4. The van der Waals surface area contributed by atoms with Crippen LogP contribution >= 0.6 is 0 Å². The molecule has 1 saturated carbocycles. The summed E-state index contributed by atoms with van der Waals surface area (Å²) in [5, 5.41) is 8.85. The Morgan fingerprint density at radius 2 is 1.14 bits per heavy atom. The third kappa shape index (κ3) is 13.4. The Bertz CT molecular complexity index is 918. The van der Waals surface area contributed by atoms with Gasteiger partial charge in [-0.3, -0.25) is 14.4 Å². The van der Waals surface area contributed by atoms with Crippen LogP contribution in [0, 0.1) is 23.7 Å². The average Bonchev–Trinajstić information content (AvgIpc) is 3.86. The minimum atomic E-state index is -0.710. The van der Waals surface area contributed by atoms with Crippen molar-refractivity contribution in [1.82, 2.24) is 0 Å². The highest BCUT2D eigenvalue weighted by molar-refractivity contribution is 5.76. The molecule has 0 aromatic carbocycles. The van der Waals surface area contributed by atoms with E-state index in [1.807, 2.05) is 13.8 Å². The summed E-state index contributed by atoms with van der Waals surface area (Å²) >= 11 is 0. The highest BCUT2D eigenvalue weighted by Gasteiger charge is 2.52. The molecular weight excluding hydrogens is 636 g/mol. The molecule has 10 atom stereocenters. The van der Waals surface area contributed by atoms with Gasteiger partial charge in [-0.2, -0.15) is 0 Å². The molecule has 0 aromatic heterocycles. The van der Waals surface area contributed by atoms with Crippen molar-refractivity contribution in [2.24, 2.45) is 23.7 Å². The molecule has 50 heavy (non-hydrogen) atoms. The van der Waals surface area contributed by atoms with Crippen molar-refractivity contribution in [3.63, 3.8) is 0 Å². The van der Waals surface area contributed by atoms with Crippen LogP contribution in [0.4, 0.5) is 0 Å². The fraction of sp³-hybridized carbons (Fsp3) is 0.927. The second-order valence-corrected chi connectivity index (χ2v) is 13.3. The number of rotatable bonds is 10. The van der Waals surface area contributed by atoms with E-state index in [2.05, 4.69) is 34.6 Å². The molecule has 9 heteroatoms. The summed E-state index contributed by atoms with van der Waals surface area (Å²) in [6.45, 7) is 15.1. The van der Waals surface area contributed by atoms with Gasteiger partial charge in [0.05, 0.1) is 61.0 Å². The first-order valence-electron chi connectivity index (χ1n) is 17.7. The van der Waals surface area contributed by atoms with Crippen molar-refractivity contribution in [2.75, 3.05) is 6.61 Å². The van der Waals surface area contributed by atoms with Gasteiger partial charge in [0.25, 0.3) is 0 Å². The Kier molecular flexibility index (Phi) is 28.8. The highest BCUT2D eigenvalue weighted by atomic mass is 16.6. The predicted octanol–water partition coefficient (Wildman–Crippen LogP) is 10.7. The van der Waals surface area contributed by atoms with E-state index in [1.165, 1.54) is 12.8 Å². The lowest BCUT2D eigenvalue weighted by Crippen LogP contribution is -2.36. The van der Waals surface area contributed by atoms with Crippen molar-refractivity contribution >= 4 is 17.9 Å². The number of carboxylic acid groups (broad SMARTS) is 1. The first-order chi connectivity index (χ1) is 21.1. The number of carboxylic acids is 1. The van der Waals surface area contributed by atoms with Crippen molar-refractivity contribution < 1.29 is 43.2 Å². The Morgan fingerprint density at radius 3 is 1.54 bits per heavy atom. The van der Waals surface area contributed by atoms with E-state index in [4.69, 9.17) is 28.8 Å². The second kappa shape index (κ2) is 26.1. The zero-order chi connectivity index (χ0) is 32.4. The van der Waals surface area contributed by atoms with Crippen LogP contribution in [0.25, 0.3) is 0 Å². The Balaban J connectivity index is -0.000000308. The number of carbonyl (C=O) groups excluding carboxylic acids is 2. The third-order valence-corrected chi connectivity index (χ3v) is 10.7. The fourth-order valence-electron chi connectivity index (χ4n) is 7.77. The molecule has 302 valence electrons. The minimum absolute atomic E-state index is 0. The maximum atomic E-state index is 12.5. The first-order valence-corrected chi connectivity index (χ1v) is 17.7. The van der Waals surface area contributed by atoms with E-state index in [0.29, 0.717) is 18.9 Å². The van der Waals surface area contributed by atoms with Gasteiger partial charge in [0.15, 0.2) is 0 Å². The van der Waals surface area contributed by atoms with Crippen molar-refractivity contribution in [3.05, 3.63) is 0 Å². The monoisotopic (exact) mass is 721 g/mol. The summed E-state index contributed by atoms with van der Waals surface area (Å²) in [5.74, 6) is -0.742. The molecule has 1 aliphatic carbocycles. The molecule has 0 bridgehead atoms. The normalized spacial score (nSPS) is 32.5. The summed E-state index contributed by atoms with van der Waals surface area (Å²) in [6, 6.07) is 0. The molecule has 5 rings (SSSR count). The van der Waals surface area contributed by atoms with Crippen LogP contribution in [0.5, 0.6) is 0 Å². The molecule has 0 aromatic rings. The van der Waals surface area contributed by atoms with E-state index >= 15 is 0 Å². The van der Waals surface area contributed by atoms with E-state index in [1.54, 1.807) is 0 Å². The predicted molar refractivity (Wildman–Crippen MR) is 207 cm³/mol. The quantitative estimate of drug-likeness (QED) is 0.220. The highest BCUT2D eigenvalue weighted by Crippen LogP contribution is 2.41. The van der Waals surface area contributed by atoms with E-state index in [9.17, 15) is 14.4 Å². The molecular formula is C41H84O9. The number of carbonyl (C=O) groups is 3. The zero-order valence-electron chi connectivity index (χ0n) is 28.4. The SMILES string of the molecule is C.C.C.C.C.C.CCC1CC(C(=O)O)C(CC)O1.CCC1CC(C(=O)OC2(CC)CCCC2)C(CC)O1.CCC1OC(CC)C2C(=O)OCC12. The largest absolute Gasteiger partial charge is 0.481 e. The third-order valence-electron chi connectivity index (χ3n) is 10.7. The maximum Gasteiger partial charge on any atom is 0.312 e. The van der Waals surface area contributed by atoms with Crippen LogP contribution in [-0.2, 0) is 38.1 Å². The van der Waals surface area contributed by atoms with Crippen molar-refractivity contribution in [3.8, 4) is 0 Å². The Hall–Kier alpha value is -1.71. The number of aliphatic carboxylic acids is 1. The van der Waals surface area contributed by atoms with Crippen LogP contribution in [0.15, 0.2) is 0 Å². The number of hydrogen-bond acceptors (Lipinski definition) is 8. The number of ether oxygens (including phenoxy) is 5. The lowest BCUT2D eigenvalue weighted by molar-refractivity contribution is -0.167. The summed E-state index contributed by atoms with van der Waals surface area (Å²) in [5.41, 5.74) is -0.167. The van der Waals surface area contributed by atoms with Crippen LogP contribution in [0.3, 0.4) is 0 Å². The number of hydrogen-bond donors (Lipinski definition) is 1. The topological polar surface area (TPSA) is 118 Å². The number of fused-ring (bicyclic) bond motifs is 1. The van der Waals surface area contributed by atoms with Gasteiger partial charge in [0.2, 0.25) is 0 Å². The molecule has 5 aliphatic rings. The average molecular weight is 721 g/mol. The molecule has 0 amide bonds. The smallest absolute Gasteiger partial charge is 0.312 e.